The van der Waals surface area contributed by atoms with Crippen molar-refractivity contribution in [2.24, 2.45) is 0 Å². The Morgan fingerprint density at radius 1 is 0.917 bits per heavy atom. The predicted octanol–water partition coefficient (Wildman–Crippen LogP) is 4.18. The van der Waals surface area contributed by atoms with Crippen LogP contribution in [0.15, 0.2) is 60.7 Å². The first kappa shape index (κ1) is 14.8. The number of nitrogens with zero attached hydrogens (tertiary/aromatic N) is 1. The average molecular weight is 316 g/mol. The number of amides is 1. The van der Waals surface area contributed by atoms with E-state index in [1.807, 2.05) is 24.3 Å². The highest BCUT2D eigenvalue weighted by Gasteiger charge is 2.30. The van der Waals surface area contributed by atoms with Crippen LogP contribution in [0.5, 0.6) is 0 Å². The van der Waals surface area contributed by atoms with Crippen molar-refractivity contribution in [2.45, 2.75) is 12.3 Å². The van der Waals surface area contributed by atoms with Crippen LogP contribution in [0.3, 0.4) is 0 Å². The van der Waals surface area contributed by atoms with Crippen LogP contribution in [0.2, 0.25) is 0 Å². The lowest BCUT2D eigenvalue weighted by atomic mass is 9.90. The Labute approximate surface area is 141 Å². The zero-order valence-corrected chi connectivity index (χ0v) is 13.9. The van der Waals surface area contributed by atoms with E-state index in [2.05, 4.69) is 60.7 Å². The largest absolute Gasteiger partial charge is 0.377 e. The summed E-state index contributed by atoms with van der Waals surface area (Å²) in [7, 11) is 4.12. The van der Waals surface area contributed by atoms with Gasteiger partial charge in [0.05, 0.1) is 5.92 Å². The summed E-state index contributed by atoms with van der Waals surface area (Å²) in [6.45, 7) is 0. The molecule has 3 heteroatoms. The molecule has 0 saturated carbocycles. The van der Waals surface area contributed by atoms with Gasteiger partial charge in [0.25, 0.3) is 0 Å². The lowest BCUT2D eigenvalue weighted by Crippen LogP contribution is -2.15. The van der Waals surface area contributed by atoms with Crippen LogP contribution in [-0.2, 0) is 11.2 Å². The first-order valence-corrected chi connectivity index (χ1v) is 8.23. The summed E-state index contributed by atoms with van der Waals surface area (Å²) in [6.07, 6.45) is 0.719. The van der Waals surface area contributed by atoms with Crippen molar-refractivity contribution in [2.75, 3.05) is 24.3 Å². The van der Waals surface area contributed by atoms with Crippen LogP contribution in [0.25, 0.3) is 10.8 Å². The van der Waals surface area contributed by atoms with Gasteiger partial charge in [-0.25, -0.2) is 0 Å². The number of fused-ring (bicyclic) bond motifs is 2. The van der Waals surface area contributed by atoms with E-state index in [1.54, 1.807) is 0 Å². The molecule has 1 amide bonds. The number of benzene rings is 3. The molecule has 3 aromatic rings. The van der Waals surface area contributed by atoms with Crippen LogP contribution in [-0.4, -0.2) is 20.0 Å². The third-order valence-corrected chi connectivity index (χ3v) is 4.81. The zero-order valence-electron chi connectivity index (χ0n) is 13.9. The molecule has 0 spiro atoms. The number of carbonyl (C=O) groups excluding carboxylic acids is 1. The van der Waals surface area contributed by atoms with E-state index in [0.29, 0.717) is 0 Å². The van der Waals surface area contributed by atoms with Crippen LogP contribution in [0.4, 0.5) is 11.4 Å². The molecule has 3 nitrogen and oxygen atoms in total. The smallest absolute Gasteiger partial charge is 0.232 e. The maximum absolute atomic E-state index is 12.4. The monoisotopic (exact) mass is 316 g/mol. The summed E-state index contributed by atoms with van der Waals surface area (Å²) in [4.78, 5) is 14.6. The molecule has 0 bridgehead atoms. The van der Waals surface area contributed by atoms with Crippen molar-refractivity contribution in [1.29, 1.82) is 0 Å². The second-order valence-corrected chi connectivity index (χ2v) is 6.52. The molecule has 0 saturated heterocycles. The number of hydrogen-bond acceptors (Lipinski definition) is 2. The van der Waals surface area contributed by atoms with E-state index in [4.69, 9.17) is 0 Å². The fourth-order valence-electron chi connectivity index (χ4n) is 3.61. The number of para-hydroxylation sites is 1. The van der Waals surface area contributed by atoms with Crippen molar-refractivity contribution in [3.05, 3.63) is 71.8 Å². The summed E-state index contributed by atoms with van der Waals surface area (Å²) >= 11 is 0. The van der Waals surface area contributed by atoms with Crippen molar-refractivity contribution < 1.29 is 4.79 Å². The maximum atomic E-state index is 12.4. The van der Waals surface area contributed by atoms with Crippen LogP contribution >= 0.6 is 0 Å². The summed E-state index contributed by atoms with van der Waals surface area (Å²) in [5.74, 6) is -0.0215. The third-order valence-electron chi connectivity index (χ3n) is 4.81. The van der Waals surface area contributed by atoms with Gasteiger partial charge >= 0.3 is 0 Å². The summed E-state index contributed by atoms with van der Waals surface area (Å²) < 4.78 is 0. The first-order chi connectivity index (χ1) is 11.6. The third kappa shape index (κ3) is 2.33. The van der Waals surface area contributed by atoms with E-state index >= 15 is 0 Å². The molecule has 24 heavy (non-hydrogen) atoms. The molecule has 120 valence electrons. The minimum atomic E-state index is -0.116. The molecule has 0 aromatic heterocycles. The summed E-state index contributed by atoms with van der Waals surface area (Å²) in [5, 5.41) is 5.45. The van der Waals surface area contributed by atoms with Crippen molar-refractivity contribution in [3.63, 3.8) is 0 Å². The Hall–Kier alpha value is -2.81. The number of carbonyl (C=O) groups is 1. The molecule has 1 aliphatic rings. The van der Waals surface area contributed by atoms with Crippen molar-refractivity contribution in [3.8, 4) is 0 Å². The highest BCUT2D eigenvalue weighted by molar-refractivity contribution is 6.03. The van der Waals surface area contributed by atoms with Gasteiger partial charge in [-0.1, -0.05) is 48.5 Å². The molecule has 1 heterocycles. The summed E-state index contributed by atoms with van der Waals surface area (Å²) in [6, 6.07) is 20.7. The van der Waals surface area contributed by atoms with E-state index in [1.165, 1.54) is 22.0 Å². The van der Waals surface area contributed by atoms with Crippen molar-refractivity contribution in [1.82, 2.24) is 0 Å². The van der Waals surface area contributed by atoms with Gasteiger partial charge < -0.3 is 10.2 Å². The molecule has 0 aliphatic carbocycles. The van der Waals surface area contributed by atoms with Gasteiger partial charge in [-0.05, 0) is 35.1 Å². The van der Waals surface area contributed by atoms with Gasteiger partial charge in [0.1, 0.15) is 0 Å². The first-order valence-electron chi connectivity index (χ1n) is 8.23. The minimum Gasteiger partial charge on any atom is -0.377 e. The minimum absolute atomic E-state index is 0.0944. The Bertz CT molecular complexity index is 930. The zero-order chi connectivity index (χ0) is 16.7. The molecule has 4 rings (SSSR count). The topological polar surface area (TPSA) is 32.3 Å². The molecule has 1 aliphatic heterocycles. The SMILES string of the molecule is CN(C)c1ccc(CC2C(=O)Nc3ccccc32)c2ccccc12. The highest BCUT2D eigenvalue weighted by Crippen LogP contribution is 2.37. The number of rotatable bonds is 3. The molecule has 0 fully saturated rings. The molecule has 1 atom stereocenters. The molecule has 0 radical (unpaired) electrons. The number of nitrogens with one attached hydrogen (secondary N) is 1. The Morgan fingerprint density at radius 2 is 1.62 bits per heavy atom. The van der Waals surface area contributed by atoms with Gasteiger partial charge in [-0.3, -0.25) is 4.79 Å². The van der Waals surface area contributed by atoms with Crippen LogP contribution in [0, 0.1) is 0 Å². The summed E-state index contributed by atoms with van der Waals surface area (Å²) in [5.41, 5.74) is 4.46. The number of hydrogen-bond donors (Lipinski definition) is 1. The van der Waals surface area contributed by atoms with E-state index < -0.39 is 0 Å². The van der Waals surface area contributed by atoms with E-state index in [9.17, 15) is 4.79 Å². The predicted molar refractivity (Wildman–Crippen MR) is 99.8 cm³/mol. The fourth-order valence-corrected chi connectivity index (χ4v) is 3.61. The maximum Gasteiger partial charge on any atom is 0.232 e. The van der Waals surface area contributed by atoms with Gasteiger partial charge in [-0.2, -0.15) is 0 Å². The second-order valence-electron chi connectivity index (χ2n) is 6.52. The second kappa shape index (κ2) is 5.68. The Balaban J connectivity index is 1.79. The van der Waals surface area contributed by atoms with Gasteiger partial charge in [0.2, 0.25) is 5.91 Å². The Morgan fingerprint density at radius 3 is 2.42 bits per heavy atom. The highest BCUT2D eigenvalue weighted by atomic mass is 16.2. The fraction of sp³-hybridized carbons (Fsp3) is 0.190. The Kier molecular flexibility index (Phi) is 3.49. The lowest BCUT2D eigenvalue weighted by molar-refractivity contribution is -0.117. The van der Waals surface area contributed by atoms with Crippen molar-refractivity contribution >= 4 is 28.1 Å². The lowest BCUT2D eigenvalue weighted by Gasteiger charge is -2.18. The molecule has 1 N–H and O–H groups in total. The molecular weight excluding hydrogens is 296 g/mol. The van der Waals surface area contributed by atoms with Gasteiger partial charge in [-0.15, -0.1) is 0 Å². The normalized spacial score (nSPS) is 16.1. The van der Waals surface area contributed by atoms with Crippen LogP contribution in [0.1, 0.15) is 17.0 Å². The quantitative estimate of drug-likeness (QED) is 0.786. The average Bonchev–Trinajstić information content (AvgIpc) is 2.90. The molecular formula is C21H20N2O. The molecule has 3 aromatic carbocycles. The molecule has 1 unspecified atom stereocenters. The standard InChI is InChI=1S/C21H20N2O/c1-23(2)20-12-11-14(15-7-3-4-9-17(15)20)13-18-16-8-5-6-10-19(16)22-21(18)24/h3-12,18H,13H2,1-2H3,(H,22,24). The van der Waals surface area contributed by atoms with E-state index in [-0.39, 0.29) is 11.8 Å². The van der Waals surface area contributed by atoms with Gasteiger partial charge in [0, 0.05) is 30.9 Å². The van der Waals surface area contributed by atoms with E-state index in [0.717, 1.165) is 17.7 Å². The van der Waals surface area contributed by atoms with Gasteiger partial charge in [0.15, 0.2) is 0 Å². The number of anilines is 2. The van der Waals surface area contributed by atoms with Crippen LogP contribution < -0.4 is 10.2 Å².